The Morgan fingerprint density at radius 3 is 2.38 bits per heavy atom. The van der Waals surface area contributed by atoms with E-state index < -0.39 is 0 Å². The second-order valence-corrected chi connectivity index (χ2v) is 6.99. The van der Waals surface area contributed by atoms with Gasteiger partial charge in [-0.25, -0.2) is 0 Å². The molecule has 0 aliphatic carbocycles. The molecule has 0 spiro atoms. The SMILES string of the molecule is CCOc1ccc(CNC(=O)C(C)Sc2ccc(OC)c(OC)c2)cc1. The second-order valence-electron chi connectivity index (χ2n) is 5.57. The van der Waals surface area contributed by atoms with Crippen LogP contribution >= 0.6 is 11.8 Å². The van der Waals surface area contributed by atoms with Crippen LogP contribution in [0.15, 0.2) is 47.4 Å². The van der Waals surface area contributed by atoms with Crippen LogP contribution in [0.3, 0.4) is 0 Å². The fraction of sp³-hybridized carbons (Fsp3) is 0.350. The summed E-state index contributed by atoms with van der Waals surface area (Å²) in [4.78, 5) is 13.3. The van der Waals surface area contributed by atoms with Crippen LogP contribution in [0, 0.1) is 0 Å². The van der Waals surface area contributed by atoms with Crippen molar-refractivity contribution in [3.05, 3.63) is 48.0 Å². The molecule has 0 saturated heterocycles. The summed E-state index contributed by atoms with van der Waals surface area (Å²) in [6, 6.07) is 13.4. The van der Waals surface area contributed by atoms with Crippen LogP contribution < -0.4 is 19.5 Å². The highest BCUT2D eigenvalue weighted by molar-refractivity contribution is 8.00. The van der Waals surface area contributed by atoms with Crippen LogP contribution in [0.1, 0.15) is 19.4 Å². The number of carbonyl (C=O) groups is 1. The molecule has 0 saturated carbocycles. The first kappa shape index (κ1) is 20.0. The Morgan fingerprint density at radius 1 is 1.08 bits per heavy atom. The standard InChI is InChI=1S/C20H25NO4S/c1-5-25-16-8-6-15(7-9-16)13-21-20(22)14(2)26-17-10-11-18(23-3)19(12-17)24-4/h6-12,14H,5,13H2,1-4H3,(H,21,22). The maximum absolute atomic E-state index is 12.4. The topological polar surface area (TPSA) is 56.8 Å². The second kappa shape index (κ2) is 9.97. The van der Waals surface area contributed by atoms with E-state index in [9.17, 15) is 4.79 Å². The summed E-state index contributed by atoms with van der Waals surface area (Å²) in [5, 5.41) is 2.74. The lowest BCUT2D eigenvalue weighted by Crippen LogP contribution is -2.30. The molecule has 140 valence electrons. The molecule has 0 aromatic heterocycles. The number of rotatable bonds is 9. The first-order chi connectivity index (χ1) is 12.6. The van der Waals surface area contributed by atoms with Gasteiger partial charge in [0, 0.05) is 11.4 Å². The Hall–Kier alpha value is -2.34. The highest BCUT2D eigenvalue weighted by Gasteiger charge is 2.15. The van der Waals surface area contributed by atoms with Gasteiger partial charge in [-0.3, -0.25) is 4.79 Å². The van der Waals surface area contributed by atoms with Crippen molar-refractivity contribution in [1.29, 1.82) is 0 Å². The molecule has 0 radical (unpaired) electrons. The van der Waals surface area contributed by atoms with E-state index in [0.29, 0.717) is 24.7 Å². The van der Waals surface area contributed by atoms with Crippen molar-refractivity contribution in [3.8, 4) is 17.2 Å². The molecule has 1 atom stereocenters. The Labute approximate surface area is 159 Å². The van der Waals surface area contributed by atoms with Crippen molar-refractivity contribution in [3.63, 3.8) is 0 Å². The number of hydrogen-bond donors (Lipinski definition) is 1. The summed E-state index contributed by atoms with van der Waals surface area (Å²) in [5.74, 6) is 2.14. The average molecular weight is 375 g/mol. The van der Waals surface area contributed by atoms with Crippen molar-refractivity contribution in [1.82, 2.24) is 5.32 Å². The number of hydrogen-bond acceptors (Lipinski definition) is 5. The van der Waals surface area contributed by atoms with Gasteiger partial charge in [0.2, 0.25) is 5.91 Å². The third-order valence-electron chi connectivity index (χ3n) is 3.74. The zero-order valence-corrected chi connectivity index (χ0v) is 16.4. The van der Waals surface area contributed by atoms with Gasteiger partial charge in [0.1, 0.15) is 5.75 Å². The van der Waals surface area contributed by atoms with Gasteiger partial charge >= 0.3 is 0 Å². The normalized spacial score (nSPS) is 11.5. The maximum atomic E-state index is 12.4. The molecular formula is C20H25NO4S. The molecular weight excluding hydrogens is 350 g/mol. The summed E-state index contributed by atoms with van der Waals surface area (Å²) in [6.45, 7) is 4.96. The summed E-state index contributed by atoms with van der Waals surface area (Å²) in [5.41, 5.74) is 1.03. The van der Waals surface area contributed by atoms with Crippen LogP contribution in [-0.4, -0.2) is 32.0 Å². The molecule has 6 heteroatoms. The monoisotopic (exact) mass is 375 g/mol. The van der Waals surface area contributed by atoms with E-state index in [0.717, 1.165) is 16.2 Å². The fourth-order valence-electron chi connectivity index (χ4n) is 2.35. The quantitative estimate of drug-likeness (QED) is 0.674. The van der Waals surface area contributed by atoms with Crippen molar-refractivity contribution in [2.45, 2.75) is 30.5 Å². The van der Waals surface area contributed by atoms with E-state index in [1.807, 2.05) is 56.3 Å². The predicted molar refractivity (Wildman–Crippen MR) is 104 cm³/mol. The lowest BCUT2D eigenvalue weighted by atomic mass is 10.2. The lowest BCUT2D eigenvalue weighted by Gasteiger charge is -2.14. The largest absolute Gasteiger partial charge is 0.494 e. The van der Waals surface area contributed by atoms with Crippen molar-refractivity contribution < 1.29 is 19.0 Å². The Kier molecular flexibility index (Phi) is 7.66. The highest BCUT2D eigenvalue weighted by atomic mass is 32.2. The van der Waals surface area contributed by atoms with Gasteiger partial charge in [-0.1, -0.05) is 12.1 Å². The zero-order chi connectivity index (χ0) is 18.9. The lowest BCUT2D eigenvalue weighted by molar-refractivity contribution is -0.120. The number of thioether (sulfide) groups is 1. The Morgan fingerprint density at radius 2 is 1.77 bits per heavy atom. The van der Waals surface area contributed by atoms with Gasteiger partial charge in [-0.05, 0) is 49.7 Å². The minimum Gasteiger partial charge on any atom is -0.494 e. The summed E-state index contributed by atoms with van der Waals surface area (Å²) in [7, 11) is 3.20. The van der Waals surface area contributed by atoms with E-state index in [4.69, 9.17) is 14.2 Å². The number of methoxy groups -OCH3 is 2. The number of carbonyl (C=O) groups excluding carboxylic acids is 1. The van der Waals surface area contributed by atoms with E-state index in [1.54, 1.807) is 14.2 Å². The van der Waals surface area contributed by atoms with E-state index in [2.05, 4.69) is 5.32 Å². The van der Waals surface area contributed by atoms with Gasteiger partial charge in [-0.2, -0.15) is 0 Å². The van der Waals surface area contributed by atoms with Crippen LogP contribution in [-0.2, 0) is 11.3 Å². The average Bonchev–Trinajstić information content (AvgIpc) is 2.67. The van der Waals surface area contributed by atoms with E-state index >= 15 is 0 Å². The van der Waals surface area contributed by atoms with Crippen LogP contribution in [0.5, 0.6) is 17.2 Å². The Balaban J connectivity index is 1.89. The van der Waals surface area contributed by atoms with E-state index in [-0.39, 0.29) is 11.2 Å². The molecule has 5 nitrogen and oxygen atoms in total. The van der Waals surface area contributed by atoms with Crippen LogP contribution in [0.4, 0.5) is 0 Å². The number of nitrogens with one attached hydrogen (secondary N) is 1. The summed E-state index contributed by atoms with van der Waals surface area (Å²) < 4.78 is 16.0. The first-order valence-electron chi connectivity index (χ1n) is 8.45. The van der Waals surface area contributed by atoms with Gasteiger partial charge in [0.05, 0.1) is 26.1 Å². The number of ether oxygens (including phenoxy) is 3. The van der Waals surface area contributed by atoms with Gasteiger partial charge < -0.3 is 19.5 Å². The van der Waals surface area contributed by atoms with Gasteiger partial charge in [-0.15, -0.1) is 11.8 Å². The first-order valence-corrected chi connectivity index (χ1v) is 9.33. The minimum atomic E-state index is -0.226. The Bertz CT molecular complexity index is 718. The molecule has 0 aliphatic rings. The molecule has 0 aliphatic heterocycles. The maximum Gasteiger partial charge on any atom is 0.233 e. The predicted octanol–water partition coefficient (Wildman–Crippen LogP) is 3.90. The molecule has 2 rings (SSSR count). The number of amides is 1. The molecule has 1 amide bonds. The minimum absolute atomic E-state index is 0.0151. The molecule has 0 heterocycles. The zero-order valence-electron chi connectivity index (χ0n) is 15.6. The number of benzene rings is 2. The molecule has 1 N–H and O–H groups in total. The van der Waals surface area contributed by atoms with Crippen molar-refractivity contribution in [2.24, 2.45) is 0 Å². The smallest absolute Gasteiger partial charge is 0.233 e. The highest BCUT2D eigenvalue weighted by Crippen LogP contribution is 2.33. The van der Waals surface area contributed by atoms with Gasteiger partial charge in [0.15, 0.2) is 11.5 Å². The third kappa shape index (κ3) is 5.59. The molecule has 0 fully saturated rings. The summed E-state index contributed by atoms with van der Waals surface area (Å²) >= 11 is 1.48. The van der Waals surface area contributed by atoms with Crippen molar-refractivity contribution >= 4 is 17.7 Å². The van der Waals surface area contributed by atoms with E-state index in [1.165, 1.54) is 11.8 Å². The molecule has 0 bridgehead atoms. The van der Waals surface area contributed by atoms with Gasteiger partial charge in [0.25, 0.3) is 0 Å². The molecule has 26 heavy (non-hydrogen) atoms. The van der Waals surface area contributed by atoms with Crippen LogP contribution in [0.2, 0.25) is 0 Å². The molecule has 1 unspecified atom stereocenters. The molecule has 2 aromatic rings. The third-order valence-corrected chi connectivity index (χ3v) is 4.83. The van der Waals surface area contributed by atoms with Crippen molar-refractivity contribution in [2.75, 3.05) is 20.8 Å². The fourth-order valence-corrected chi connectivity index (χ4v) is 3.27. The summed E-state index contributed by atoms with van der Waals surface area (Å²) in [6.07, 6.45) is 0. The van der Waals surface area contributed by atoms with Crippen LogP contribution in [0.25, 0.3) is 0 Å². The molecule has 2 aromatic carbocycles.